The van der Waals surface area contributed by atoms with E-state index in [1.807, 2.05) is 12.1 Å². The number of benzene rings is 1. The number of hydrogen-bond acceptors (Lipinski definition) is 3. The number of carbonyl (C=O) groups is 1. The van der Waals surface area contributed by atoms with Crippen molar-refractivity contribution in [2.24, 2.45) is 5.92 Å². The normalized spacial score (nSPS) is 29.3. The number of piperidine rings is 2. The third-order valence-corrected chi connectivity index (χ3v) is 6.11. The molecule has 2 saturated heterocycles. The predicted molar refractivity (Wildman–Crippen MR) is 98.0 cm³/mol. The fourth-order valence-corrected chi connectivity index (χ4v) is 4.78. The van der Waals surface area contributed by atoms with Crippen LogP contribution in [0.5, 0.6) is 5.75 Å². The second-order valence-corrected chi connectivity index (χ2v) is 7.77. The molecule has 3 aliphatic rings. The molecule has 5 nitrogen and oxygen atoms in total. The molecule has 3 heterocycles. The van der Waals surface area contributed by atoms with Crippen molar-refractivity contribution < 1.29 is 9.53 Å². The molecule has 5 heteroatoms. The summed E-state index contributed by atoms with van der Waals surface area (Å²) in [5.41, 5.74) is 1.23. The van der Waals surface area contributed by atoms with E-state index in [2.05, 4.69) is 34.3 Å². The second kappa shape index (κ2) is 7.24. The molecular weight excluding hydrogens is 314 g/mol. The minimum absolute atomic E-state index is 0.128. The molecule has 0 aromatic heterocycles. The highest BCUT2D eigenvalue weighted by atomic mass is 16.5. The van der Waals surface area contributed by atoms with E-state index in [0.717, 1.165) is 51.3 Å². The Hall–Kier alpha value is -1.75. The molecule has 0 saturated carbocycles. The Labute approximate surface area is 150 Å². The van der Waals surface area contributed by atoms with Gasteiger partial charge in [0.1, 0.15) is 5.75 Å². The van der Waals surface area contributed by atoms with Gasteiger partial charge in [-0.1, -0.05) is 18.2 Å². The molecule has 1 N–H and O–H groups in total. The van der Waals surface area contributed by atoms with Crippen LogP contribution in [0.25, 0.3) is 0 Å². The fourth-order valence-electron chi connectivity index (χ4n) is 4.78. The summed E-state index contributed by atoms with van der Waals surface area (Å²) in [5, 5.41) is 3.23. The standard InChI is InChI=1S/C20H29N3O2/c1-22-11-8-18-16(14-22)5-4-10-23(18)20(24)21-13-15-9-12-25-19-7-3-2-6-17(15)19/h2-3,6-7,15-16,18H,4-5,8-14H2,1H3,(H,21,24)/t15-,16+,18-/m1/s1. The van der Waals surface area contributed by atoms with Gasteiger partial charge in [-0.2, -0.15) is 0 Å². The molecule has 1 aromatic carbocycles. The zero-order valence-electron chi connectivity index (χ0n) is 15.1. The summed E-state index contributed by atoms with van der Waals surface area (Å²) in [6.45, 7) is 4.56. The molecule has 4 rings (SSSR count). The Morgan fingerprint density at radius 2 is 2.12 bits per heavy atom. The predicted octanol–water partition coefficient (Wildman–Crippen LogP) is 2.68. The number of nitrogens with zero attached hydrogens (tertiary/aromatic N) is 2. The number of ether oxygens (including phenoxy) is 1. The summed E-state index contributed by atoms with van der Waals surface area (Å²) in [6.07, 6.45) is 4.46. The quantitative estimate of drug-likeness (QED) is 0.898. The Morgan fingerprint density at radius 1 is 1.24 bits per heavy atom. The molecule has 0 aliphatic carbocycles. The molecule has 3 aliphatic heterocycles. The molecule has 3 atom stereocenters. The Morgan fingerprint density at radius 3 is 3.04 bits per heavy atom. The molecule has 2 amide bonds. The number of likely N-dealkylation sites (tertiary alicyclic amines) is 2. The average molecular weight is 343 g/mol. The van der Waals surface area contributed by atoms with Crippen molar-refractivity contribution in [2.75, 3.05) is 39.8 Å². The van der Waals surface area contributed by atoms with Crippen molar-refractivity contribution in [2.45, 2.75) is 37.6 Å². The molecule has 1 aromatic rings. The molecule has 2 fully saturated rings. The number of nitrogens with one attached hydrogen (secondary N) is 1. The maximum Gasteiger partial charge on any atom is 0.317 e. The molecular formula is C20H29N3O2. The Bertz CT molecular complexity index is 621. The zero-order chi connectivity index (χ0) is 17.2. The van der Waals surface area contributed by atoms with Crippen molar-refractivity contribution in [3.63, 3.8) is 0 Å². The number of para-hydroxylation sites is 1. The van der Waals surface area contributed by atoms with Crippen LogP contribution in [0.1, 0.15) is 37.2 Å². The first-order chi connectivity index (χ1) is 12.2. The van der Waals surface area contributed by atoms with E-state index in [-0.39, 0.29) is 6.03 Å². The highest BCUT2D eigenvalue weighted by Gasteiger charge is 2.37. The van der Waals surface area contributed by atoms with Crippen LogP contribution in [0.2, 0.25) is 0 Å². The van der Waals surface area contributed by atoms with E-state index in [1.165, 1.54) is 12.0 Å². The van der Waals surface area contributed by atoms with Crippen LogP contribution < -0.4 is 10.1 Å². The van der Waals surface area contributed by atoms with E-state index >= 15 is 0 Å². The van der Waals surface area contributed by atoms with Gasteiger partial charge in [0.15, 0.2) is 0 Å². The number of rotatable bonds is 2. The van der Waals surface area contributed by atoms with Gasteiger partial charge in [0, 0.05) is 31.6 Å². The van der Waals surface area contributed by atoms with Gasteiger partial charge in [-0.25, -0.2) is 4.79 Å². The first kappa shape index (κ1) is 16.7. The first-order valence-corrected chi connectivity index (χ1v) is 9.67. The van der Waals surface area contributed by atoms with Crippen molar-refractivity contribution in [1.29, 1.82) is 0 Å². The highest BCUT2D eigenvalue weighted by molar-refractivity contribution is 5.74. The maximum absolute atomic E-state index is 12.9. The van der Waals surface area contributed by atoms with Gasteiger partial charge >= 0.3 is 6.03 Å². The lowest BCUT2D eigenvalue weighted by Gasteiger charge is -2.46. The summed E-state index contributed by atoms with van der Waals surface area (Å²) >= 11 is 0. The lowest BCUT2D eigenvalue weighted by atomic mass is 9.84. The second-order valence-electron chi connectivity index (χ2n) is 7.77. The van der Waals surface area contributed by atoms with Crippen LogP contribution >= 0.6 is 0 Å². The van der Waals surface area contributed by atoms with E-state index in [4.69, 9.17) is 4.74 Å². The summed E-state index contributed by atoms with van der Waals surface area (Å²) in [4.78, 5) is 17.4. The average Bonchev–Trinajstić information content (AvgIpc) is 2.65. The van der Waals surface area contributed by atoms with Gasteiger partial charge in [0.25, 0.3) is 0 Å². The lowest BCUT2D eigenvalue weighted by molar-refractivity contribution is 0.0531. The molecule has 0 unspecified atom stereocenters. The number of hydrogen-bond donors (Lipinski definition) is 1. The van der Waals surface area contributed by atoms with Gasteiger partial charge in [-0.3, -0.25) is 0 Å². The van der Waals surface area contributed by atoms with Crippen LogP contribution in [0.4, 0.5) is 4.79 Å². The van der Waals surface area contributed by atoms with E-state index in [1.54, 1.807) is 0 Å². The highest BCUT2D eigenvalue weighted by Crippen LogP contribution is 2.33. The molecule has 0 bridgehead atoms. The molecule has 0 radical (unpaired) electrons. The van der Waals surface area contributed by atoms with Gasteiger partial charge in [0.05, 0.1) is 6.61 Å². The van der Waals surface area contributed by atoms with Crippen molar-refractivity contribution >= 4 is 6.03 Å². The zero-order valence-corrected chi connectivity index (χ0v) is 15.1. The first-order valence-electron chi connectivity index (χ1n) is 9.67. The fraction of sp³-hybridized carbons (Fsp3) is 0.650. The van der Waals surface area contributed by atoms with Gasteiger partial charge in [-0.05, 0) is 56.8 Å². The van der Waals surface area contributed by atoms with Gasteiger partial charge in [0.2, 0.25) is 0 Å². The van der Waals surface area contributed by atoms with Crippen LogP contribution in [-0.2, 0) is 0 Å². The number of carbonyl (C=O) groups excluding carboxylic acids is 1. The van der Waals surface area contributed by atoms with Gasteiger partial charge in [-0.15, -0.1) is 0 Å². The van der Waals surface area contributed by atoms with Gasteiger partial charge < -0.3 is 19.9 Å². The lowest BCUT2D eigenvalue weighted by Crippen LogP contribution is -2.57. The minimum Gasteiger partial charge on any atom is -0.493 e. The largest absolute Gasteiger partial charge is 0.493 e. The number of fused-ring (bicyclic) bond motifs is 2. The van der Waals surface area contributed by atoms with E-state index in [9.17, 15) is 4.79 Å². The molecule has 136 valence electrons. The third-order valence-electron chi connectivity index (χ3n) is 6.11. The molecule has 25 heavy (non-hydrogen) atoms. The van der Waals surface area contributed by atoms with Crippen molar-refractivity contribution in [3.8, 4) is 5.75 Å². The summed E-state index contributed by atoms with van der Waals surface area (Å²) in [7, 11) is 2.19. The topological polar surface area (TPSA) is 44.8 Å². The Balaban J connectivity index is 1.38. The number of amides is 2. The van der Waals surface area contributed by atoms with E-state index in [0.29, 0.717) is 24.4 Å². The SMILES string of the molecule is CN1CC[C@@H]2[C@@H](CCCN2C(=O)NC[C@H]2CCOc3ccccc32)C1. The van der Waals surface area contributed by atoms with Crippen LogP contribution in [-0.4, -0.2) is 61.7 Å². The summed E-state index contributed by atoms with van der Waals surface area (Å²) < 4.78 is 5.73. The van der Waals surface area contributed by atoms with E-state index < -0.39 is 0 Å². The molecule has 0 spiro atoms. The van der Waals surface area contributed by atoms with Crippen molar-refractivity contribution in [3.05, 3.63) is 29.8 Å². The minimum atomic E-state index is 0.128. The summed E-state index contributed by atoms with van der Waals surface area (Å²) in [5.74, 6) is 1.97. The maximum atomic E-state index is 12.9. The third kappa shape index (κ3) is 3.47. The number of urea groups is 1. The van der Waals surface area contributed by atoms with Crippen LogP contribution in [0, 0.1) is 5.92 Å². The monoisotopic (exact) mass is 343 g/mol. The Kier molecular flexibility index (Phi) is 4.84. The van der Waals surface area contributed by atoms with Crippen LogP contribution in [0.3, 0.4) is 0 Å². The van der Waals surface area contributed by atoms with Crippen LogP contribution in [0.15, 0.2) is 24.3 Å². The summed E-state index contributed by atoms with van der Waals surface area (Å²) in [6, 6.07) is 8.76. The smallest absolute Gasteiger partial charge is 0.317 e. The van der Waals surface area contributed by atoms with Crippen molar-refractivity contribution in [1.82, 2.24) is 15.1 Å².